The van der Waals surface area contributed by atoms with Gasteiger partial charge in [0.15, 0.2) is 17.3 Å². The number of rotatable bonds is 9. The molecule has 0 fully saturated rings. The SMILES string of the molecule is [C-]#[N+]c1ccccc1-c1ccc2c(c1)c1cc(-c3ccccc3C#N)ccc1n2-c1ccc(-c2cc(-c3ccccc3)nc(-c3ccccc3)n2)cc1-c1nc(-c2ccccc2)cc(-c2ccccc2)n1. The number of nitriles is 1. The van der Waals surface area contributed by atoms with E-state index in [1.54, 1.807) is 0 Å². The number of hydrogen-bond donors (Lipinski definition) is 0. The van der Waals surface area contributed by atoms with E-state index < -0.39 is 0 Å². The van der Waals surface area contributed by atoms with E-state index in [9.17, 15) is 5.26 Å². The van der Waals surface area contributed by atoms with Crippen LogP contribution in [0, 0.1) is 17.9 Å². The molecule has 12 aromatic rings. The molecule has 0 spiro atoms. The summed E-state index contributed by atoms with van der Waals surface area (Å²) in [6, 6.07) is 82.0. The minimum atomic E-state index is 0.542. The lowest BCUT2D eigenvalue weighted by atomic mass is 9.97. The lowest BCUT2D eigenvalue weighted by molar-refractivity contribution is 1.13. The Balaban J connectivity index is 1.16. The summed E-state index contributed by atoms with van der Waals surface area (Å²) in [4.78, 5) is 25.1. The Bertz CT molecular complexity index is 3830. The van der Waals surface area contributed by atoms with E-state index in [-0.39, 0.29) is 0 Å². The molecule has 0 N–H and O–H groups in total. The van der Waals surface area contributed by atoms with Crippen LogP contribution in [0.3, 0.4) is 0 Å². The van der Waals surface area contributed by atoms with Crippen LogP contribution >= 0.6 is 0 Å². The van der Waals surface area contributed by atoms with E-state index in [0.29, 0.717) is 22.9 Å². The molecule has 3 heterocycles. The van der Waals surface area contributed by atoms with Crippen LogP contribution in [0.5, 0.6) is 0 Å². The summed E-state index contributed by atoms with van der Waals surface area (Å²) >= 11 is 0. The van der Waals surface area contributed by atoms with Crippen LogP contribution in [-0.4, -0.2) is 24.5 Å². The maximum atomic E-state index is 10.2. The second kappa shape index (κ2) is 18.2. The van der Waals surface area contributed by atoms with Gasteiger partial charge in [-0.3, -0.25) is 0 Å². The van der Waals surface area contributed by atoms with Crippen LogP contribution in [-0.2, 0) is 0 Å². The largest absolute Gasteiger partial charge is 0.308 e. The molecule has 71 heavy (non-hydrogen) atoms. The number of para-hydroxylation sites is 1. The van der Waals surface area contributed by atoms with E-state index in [1.807, 2.05) is 133 Å². The monoisotopic (exact) mass is 905 g/mol. The molecule has 0 bridgehead atoms. The Kier molecular flexibility index (Phi) is 10.8. The fraction of sp³-hybridized carbons (Fsp3) is 0. The molecule has 9 aromatic carbocycles. The van der Waals surface area contributed by atoms with Crippen LogP contribution in [0.4, 0.5) is 5.69 Å². The van der Waals surface area contributed by atoms with Crippen LogP contribution in [0.2, 0.25) is 0 Å². The van der Waals surface area contributed by atoms with E-state index in [1.165, 1.54) is 0 Å². The van der Waals surface area contributed by atoms with Gasteiger partial charge in [-0.15, -0.1) is 0 Å². The third-order valence-electron chi connectivity index (χ3n) is 12.9. The zero-order valence-electron chi connectivity index (χ0n) is 38.1. The first-order chi connectivity index (χ1) is 35.1. The van der Waals surface area contributed by atoms with E-state index in [0.717, 1.165) is 106 Å². The Labute approximate surface area is 410 Å². The van der Waals surface area contributed by atoms with Crippen molar-refractivity contribution in [3.05, 3.63) is 254 Å². The third-order valence-corrected chi connectivity index (χ3v) is 12.9. The van der Waals surface area contributed by atoms with Gasteiger partial charge in [-0.25, -0.2) is 24.8 Å². The molecule has 0 amide bonds. The maximum Gasteiger partial charge on any atom is 0.194 e. The van der Waals surface area contributed by atoms with Crippen molar-refractivity contribution in [3.63, 3.8) is 0 Å². The van der Waals surface area contributed by atoms with E-state index >= 15 is 0 Å². The molecule has 0 saturated heterocycles. The van der Waals surface area contributed by atoms with Crippen molar-refractivity contribution in [2.75, 3.05) is 0 Å². The summed E-state index contributed by atoms with van der Waals surface area (Å²) in [5, 5.41) is 12.2. The first-order valence-electron chi connectivity index (χ1n) is 23.3. The topological polar surface area (TPSA) is 84.6 Å². The van der Waals surface area contributed by atoms with Crippen molar-refractivity contribution >= 4 is 27.5 Å². The Hall–Kier alpha value is -10.1. The molecule has 7 nitrogen and oxygen atoms in total. The highest BCUT2D eigenvalue weighted by Gasteiger charge is 2.22. The fourth-order valence-electron chi connectivity index (χ4n) is 9.48. The number of fused-ring (bicyclic) bond motifs is 3. The summed E-state index contributed by atoms with van der Waals surface area (Å²) in [6.07, 6.45) is 0. The van der Waals surface area contributed by atoms with Gasteiger partial charge in [-0.05, 0) is 76.9 Å². The minimum Gasteiger partial charge on any atom is -0.308 e. The number of nitrogens with zero attached hydrogens (tertiary/aromatic N) is 7. The fourth-order valence-corrected chi connectivity index (χ4v) is 9.48. The number of hydrogen-bond acceptors (Lipinski definition) is 5. The van der Waals surface area contributed by atoms with Gasteiger partial charge in [-0.1, -0.05) is 182 Å². The highest BCUT2D eigenvalue weighted by Crippen LogP contribution is 2.43. The molecule has 0 saturated carbocycles. The van der Waals surface area contributed by atoms with E-state index in [4.69, 9.17) is 26.5 Å². The molecule has 0 atom stereocenters. The molecule has 0 radical (unpaired) electrons. The third kappa shape index (κ3) is 7.96. The van der Waals surface area contributed by atoms with Crippen LogP contribution in [0.25, 0.3) is 122 Å². The molecule has 0 aliphatic rings. The zero-order valence-corrected chi connectivity index (χ0v) is 38.1. The van der Waals surface area contributed by atoms with Crippen molar-refractivity contribution in [2.24, 2.45) is 0 Å². The average molecular weight is 906 g/mol. The smallest absolute Gasteiger partial charge is 0.194 e. The van der Waals surface area contributed by atoms with Gasteiger partial charge >= 0.3 is 0 Å². The highest BCUT2D eigenvalue weighted by molar-refractivity contribution is 6.12. The van der Waals surface area contributed by atoms with Gasteiger partial charge in [0.05, 0.1) is 57.7 Å². The Morgan fingerprint density at radius 1 is 0.366 bits per heavy atom. The molecule has 7 heteroatoms. The average Bonchev–Trinajstić information content (AvgIpc) is 3.78. The predicted molar refractivity (Wildman–Crippen MR) is 286 cm³/mol. The second-order valence-corrected chi connectivity index (χ2v) is 17.2. The standard InChI is InChI=1S/C64H39N7/c1-66-55-29-17-16-28-51(55)47-31-34-61-53(37-47)52-36-46(50-27-15-14-26-49(50)41-65)30-33-60(52)71(61)62-35-32-48(59-40-56(42-18-6-2-7-19-42)67-63(68-59)45-24-12-5-13-25-45)38-54(62)64-69-57(43-20-8-3-9-21-43)39-58(70-64)44-22-10-4-11-23-44/h2-40H. The number of aromatic nitrogens is 5. The molecule has 0 aliphatic carbocycles. The Morgan fingerprint density at radius 2 is 0.803 bits per heavy atom. The van der Waals surface area contributed by atoms with E-state index in [2.05, 4.69) is 119 Å². The summed E-state index contributed by atoms with van der Waals surface area (Å²) in [5.41, 5.74) is 16.1. The first kappa shape index (κ1) is 42.3. The minimum absolute atomic E-state index is 0.542. The summed E-state index contributed by atoms with van der Waals surface area (Å²) < 4.78 is 2.29. The van der Waals surface area contributed by atoms with Crippen LogP contribution in [0.15, 0.2) is 237 Å². The molecule has 330 valence electrons. The van der Waals surface area contributed by atoms with Gasteiger partial charge < -0.3 is 4.57 Å². The molecular weight excluding hydrogens is 867 g/mol. The van der Waals surface area contributed by atoms with Crippen molar-refractivity contribution < 1.29 is 0 Å². The predicted octanol–water partition coefficient (Wildman–Crippen LogP) is 16.1. The molecule has 0 aliphatic heterocycles. The van der Waals surface area contributed by atoms with Crippen molar-refractivity contribution in [3.8, 4) is 102 Å². The summed E-state index contributed by atoms with van der Waals surface area (Å²) in [6.45, 7) is 8.02. The van der Waals surface area contributed by atoms with Gasteiger partial charge in [0, 0.05) is 44.2 Å². The molecule has 0 unspecified atom stereocenters. The summed E-state index contributed by atoms with van der Waals surface area (Å²) in [5.74, 6) is 1.16. The van der Waals surface area contributed by atoms with Crippen LogP contribution < -0.4 is 0 Å². The maximum absolute atomic E-state index is 10.2. The summed E-state index contributed by atoms with van der Waals surface area (Å²) in [7, 11) is 0. The first-order valence-corrected chi connectivity index (χ1v) is 23.3. The second-order valence-electron chi connectivity index (χ2n) is 17.2. The normalized spacial score (nSPS) is 11.1. The molecular formula is C64H39N7. The number of benzene rings is 9. The lowest BCUT2D eigenvalue weighted by Gasteiger charge is -2.17. The Morgan fingerprint density at radius 3 is 1.34 bits per heavy atom. The quantitative estimate of drug-likeness (QED) is 0.135. The highest BCUT2D eigenvalue weighted by atomic mass is 15.0. The van der Waals surface area contributed by atoms with Gasteiger partial charge in [-0.2, -0.15) is 5.26 Å². The lowest BCUT2D eigenvalue weighted by Crippen LogP contribution is -2.03. The van der Waals surface area contributed by atoms with Gasteiger partial charge in [0.2, 0.25) is 0 Å². The molecule has 12 rings (SSSR count). The van der Waals surface area contributed by atoms with Crippen molar-refractivity contribution in [1.82, 2.24) is 24.5 Å². The van der Waals surface area contributed by atoms with Gasteiger partial charge in [0.25, 0.3) is 0 Å². The zero-order chi connectivity index (χ0) is 47.7. The molecule has 3 aromatic heterocycles. The van der Waals surface area contributed by atoms with Crippen molar-refractivity contribution in [1.29, 1.82) is 5.26 Å². The van der Waals surface area contributed by atoms with Gasteiger partial charge in [0.1, 0.15) is 0 Å². The van der Waals surface area contributed by atoms with Crippen molar-refractivity contribution in [2.45, 2.75) is 0 Å². The van der Waals surface area contributed by atoms with Crippen LogP contribution in [0.1, 0.15) is 5.56 Å².